The first-order valence-electron chi connectivity index (χ1n) is 6.15. The van der Waals surface area contributed by atoms with Gasteiger partial charge in [0.2, 0.25) is 0 Å². The van der Waals surface area contributed by atoms with Crippen molar-refractivity contribution in [3.8, 4) is 0 Å². The van der Waals surface area contributed by atoms with Crippen LogP contribution in [-0.4, -0.2) is 36.0 Å². The van der Waals surface area contributed by atoms with Crippen molar-refractivity contribution in [2.75, 3.05) is 13.1 Å². The number of ether oxygens (including phenoxy) is 1. The van der Waals surface area contributed by atoms with Crippen LogP contribution in [0.5, 0.6) is 0 Å². The molecule has 2 unspecified atom stereocenters. The van der Waals surface area contributed by atoms with Gasteiger partial charge < -0.3 is 9.64 Å². The summed E-state index contributed by atoms with van der Waals surface area (Å²) in [5.74, 6) is 1.40. The lowest BCUT2D eigenvalue weighted by molar-refractivity contribution is -0.0494. The van der Waals surface area contributed by atoms with Gasteiger partial charge in [-0.05, 0) is 26.7 Å². The molecule has 2 atom stereocenters. The zero-order chi connectivity index (χ0) is 10.8. The van der Waals surface area contributed by atoms with E-state index in [0.717, 1.165) is 18.9 Å². The van der Waals surface area contributed by atoms with Crippen molar-refractivity contribution in [2.24, 2.45) is 5.92 Å². The van der Waals surface area contributed by atoms with Gasteiger partial charge in [-0.3, -0.25) is 5.41 Å². The molecule has 2 fully saturated rings. The average molecular weight is 210 g/mol. The van der Waals surface area contributed by atoms with E-state index in [9.17, 15) is 0 Å². The second-order valence-corrected chi connectivity index (χ2v) is 5.03. The lowest BCUT2D eigenvalue weighted by Crippen LogP contribution is -2.49. The maximum absolute atomic E-state index is 8.23. The van der Waals surface area contributed by atoms with Gasteiger partial charge in [0, 0.05) is 19.0 Å². The fourth-order valence-corrected chi connectivity index (χ4v) is 2.83. The molecule has 3 heteroatoms. The van der Waals surface area contributed by atoms with Gasteiger partial charge >= 0.3 is 0 Å². The molecular weight excluding hydrogens is 188 g/mol. The summed E-state index contributed by atoms with van der Waals surface area (Å²) in [4.78, 5) is 2.23. The van der Waals surface area contributed by atoms with Gasteiger partial charge in [0.15, 0.2) is 0 Å². The summed E-state index contributed by atoms with van der Waals surface area (Å²) in [6.07, 6.45) is 5.61. The fraction of sp³-hybridized carbons (Fsp3) is 0.917. The van der Waals surface area contributed by atoms with Crippen LogP contribution in [0.2, 0.25) is 0 Å². The van der Waals surface area contributed by atoms with Crippen molar-refractivity contribution in [1.82, 2.24) is 4.90 Å². The second kappa shape index (κ2) is 4.52. The Balaban J connectivity index is 1.93. The molecule has 1 aliphatic heterocycles. The Bertz CT molecular complexity index is 226. The molecule has 15 heavy (non-hydrogen) atoms. The third kappa shape index (κ3) is 2.51. The Morgan fingerprint density at radius 2 is 1.67 bits per heavy atom. The van der Waals surface area contributed by atoms with E-state index in [0.29, 0.717) is 5.92 Å². The minimum Gasteiger partial charge on any atom is -0.372 e. The number of nitrogens with zero attached hydrogens (tertiary/aromatic N) is 1. The van der Waals surface area contributed by atoms with Gasteiger partial charge in [0.05, 0.1) is 18.0 Å². The highest BCUT2D eigenvalue weighted by Gasteiger charge is 2.29. The van der Waals surface area contributed by atoms with Crippen molar-refractivity contribution in [2.45, 2.75) is 51.7 Å². The molecule has 3 nitrogen and oxygen atoms in total. The molecule has 1 heterocycles. The van der Waals surface area contributed by atoms with Crippen molar-refractivity contribution >= 4 is 5.84 Å². The molecule has 0 spiro atoms. The zero-order valence-corrected chi connectivity index (χ0v) is 9.83. The topological polar surface area (TPSA) is 36.3 Å². The maximum Gasteiger partial charge on any atom is 0.0991 e. The quantitative estimate of drug-likeness (QED) is 0.532. The van der Waals surface area contributed by atoms with Crippen molar-refractivity contribution in [1.29, 1.82) is 5.41 Å². The lowest BCUT2D eigenvalue weighted by atomic mass is 10.0. The Kier molecular flexibility index (Phi) is 3.29. The SMILES string of the molecule is CC1CN(C(=N)C2CCCC2)CC(C)O1. The van der Waals surface area contributed by atoms with Gasteiger partial charge in [0.25, 0.3) is 0 Å². The predicted molar refractivity (Wildman–Crippen MR) is 61.3 cm³/mol. The summed E-state index contributed by atoms with van der Waals surface area (Å²) in [7, 11) is 0. The first kappa shape index (κ1) is 10.9. The van der Waals surface area contributed by atoms with Crippen LogP contribution in [0.25, 0.3) is 0 Å². The van der Waals surface area contributed by atoms with Gasteiger partial charge in [-0.2, -0.15) is 0 Å². The van der Waals surface area contributed by atoms with Crippen LogP contribution in [0.3, 0.4) is 0 Å². The van der Waals surface area contributed by atoms with Crippen LogP contribution in [-0.2, 0) is 4.74 Å². The second-order valence-electron chi connectivity index (χ2n) is 5.03. The van der Waals surface area contributed by atoms with E-state index >= 15 is 0 Å². The van der Waals surface area contributed by atoms with E-state index in [1.54, 1.807) is 0 Å². The first-order chi connectivity index (χ1) is 7.16. The average Bonchev–Trinajstić information content (AvgIpc) is 2.67. The molecule has 1 saturated heterocycles. The third-order valence-corrected chi connectivity index (χ3v) is 3.50. The van der Waals surface area contributed by atoms with Crippen LogP contribution < -0.4 is 0 Å². The molecule has 0 aromatic rings. The Morgan fingerprint density at radius 1 is 1.13 bits per heavy atom. The lowest BCUT2D eigenvalue weighted by Gasteiger charge is -2.38. The first-order valence-corrected chi connectivity index (χ1v) is 6.15. The zero-order valence-electron chi connectivity index (χ0n) is 9.83. The van der Waals surface area contributed by atoms with E-state index in [2.05, 4.69) is 18.7 Å². The number of nitrogens with one attached hydrogen (secondary N) is 1. The van der Waals surface area contributed by atoms with Crippen molar-refractivity contribution in [3.63, 3.8) is 0 Å². The highest BCUT2D eigenvalue weighted by Crippen LogP contribution is 2.27. The number of hydrogen-bond donors (Lipinski definition) is 1. The van der Waals surface area contributed by atoms with Crippen molar-refractivity contribution < 1.29 is 4.74 Å². The summed E-state index contributed by atoms with van der Waals surface area (Å²) in [5.41, 5.74) is 0. The van der Waals surface area contributed by atoms with E-state index < -0.39 is 0 Å². The molecule has 1 N–H and O–H groups in total. The molecule has 1 aliphatic carbocycles. The van der Waals surface area contributed by atoms with Crippen LogP contribution in [0.1, 0.15) is 39.5 Å². The van der Waals surface area contributed by atoms with Crippen LogP contribution >= 0.6 is 0 Å². The molecule has 0 radical (unpaired) electrons. The summed E-state index contributed by atoms with van der Waals surface area (Å²) in [6, 6.07) is 0. The molecule has 2 rings (SSSR count). The van der Waals surface area contributed by atoms with E-state index in [1.807, 2.05) is 0 Å². The van der Waals surface area contributed by atoms with Crippen LogP contribution in [0.4, 0.5) is 0 Å². The number of amidine groups is 1. The highest BCUT2D eigenvalue weighted by atomic mass is 16.5. The normalized spacial score (nSPS) is 33.3. The van der Waals surface area contributed by atoms with E-state index in [1.165, 1.54) is 25.7 Å². The molecule has 0 aromatic heterocycles. The molecule has 86 valence electrons. The largest absolute Gasteiger partial charge is 0.372 e. The molecule has 0 amide bonds. The van der Waals surface area contributed by atoms with E-state index in [-0.39, 0.29) is 12.2 Å². The summed E-state index contributed by atoms with van der Waals surface area (Å²) in [6.45, 7) is 6.01. The minimum absolute atomic E-state index is 0.274. The van der Waals surface area contributed by atoms with Crippen LogP contribution in [0, 0.1) is 11.3 Å². The van der Waals surface area contributed by atoms with Crippen LogP contribution in [0.15, 0.2) is 0 Å². The van der Waals surface area contributed by atoms with E-state index in [4.69, 9.17) is 10.1 Å². The smallest absolute Gasteiger partial charge is 0.0991 e. The predicted octanol–water partition coefficient (Wildman–Crippen LogP) is 2.26. The van der Waals surface area contributed by atoms with Gasteiger partial charge in [-0.25, -0.2) is 0 Å². The maximum atomic E-state index is 8.23. The van der Waals surface area contributed by atoms with Gasteiger partial charge in [-0.15, -0.1) is 0 Å². The summed E-state index contributed by atoms with van der Waals surface area (Å²) in [5, 5.41) is 8.23. The Labute approximate surface area is 92.3 Å². The fourth-order valence-electron chi connectivity index (χ4n) is 2.83. The molecule has 1 saturated carbocycles. The molecule has 0 bridgehead atoms. The third-order valence-electron chi connectivity index (χ3n) is 3.50. The molecule has 2 aliphatic rings. The standard InChI is InChI=1S/C12H22N2O/c1-9-7-14(8-10(2)15-9)12(13)11-5-3-4-6-11/h9-11,13H,3-8H2,1-2H3. The van der Waals surface area contributed by atoms with Gasteiger partial charge in [0.1, 0.15) is 0 Å². The summed E-state index contributed by atoms with van der Waals surface area (Å²) >= 11 is 0. The molecule has 0 aromatic carbocycles. The Morgan fingerprint density at radius 3 is 2.20 bits per heavy atom. The number of morpholine rings is 1. The monoisotopic (exact) mass is 210 g/mol. The molecular formula is C12H22N2O. The summed E-state index contributed by atoms with van der Waals surface area (Å²) < 4.78 is 5.69. The number of rotatable bonds is 1. The number of hydrogen-bond acceptors (Lipinski definition) is 2. The Hall–Kier alpha value is -0.570. The highest BCUT2D eigenvalue weighted by molar-refractivity contribution is 5.82. The van der Waals surface area contributed by atoms with Gasteiger partial charge in [-0.1, -0.05) is 12.8 Å². The minimum atomic E-state index is 0.274. The van der Waals surface area contributed by atoms with Crippen molar-refractivity contribution in [3.05, 3.63) is 0 Å².